The van der Waals surface area contributed by atoms with Gasteiger partial charge in [0.15, 0.2) is 0 Å². The lowest BCUT2D eigenvalue weighted by molar-refractivity contribution is -0.145. The maximum atomic E-state index is 13.3. The first kappa shape index (κ1) is 25.5. The lowest BCUT2D eigenvalue weighted by Crippen LogP contribution is -2.61. The maximum Gasteiger partial charge on any atom is 0.254 e. The van der Waals surface area contributed by atoms with E-state index < -0.39 is 11.5 Å². The van der Waals surface area contributed by atoms with E-state index in [1.54, 1.807) is 32.9 Å². The molecule has 0 aromatic heterocycles. The summed E-state index contributed by atoms with van der Waals surface area (Å²) >= 11 is 0. The maximum absolute atomic E-state index is 13.3. The summed E-state index contributed by atoms with van der Waals surface area (Å²) in [5, 5.41) is 2.80. The van der Waals surface area contributed by atoms with Crippen LogP contribution in [0.3, 0.4) is 0 Å². The van der Waals surface area contributed by atoms with Crippen molar-refractivity contribution < 1.29 is 19.2 Å². The number of anilines is 1. The predicted molar refractivity (Wildman–Crippen MR) is 130 cm³/mol. The highest BCUT2D eigenvalue weighted by Crippen LogP contribution is 2.25. The van der Waals surface area contributed by atoms with Crippen molar-refractivity contribution in [1.29, 1.82) is 0 Å². The summed E-state index contributed by atoms with van der Waals surface area (Å²) in [4.78, 5) is 56.0. The Kier molecular flexibility index (Phi) is 7.53. The molecule has 1 unspecified atom stereocenters. The Balaban J connectivity index is 1.65. The van der Waals surface area contributed by atoms with E-state index in [9.17, 15) is 19.2 Å². The van der Waals surface area contributed by atoms with Gasteiger partial charge in [-0.15, -0.1) is 0 Å². The summed E-state index contributed by atoms with van der Waals surface area (Å²) in [6.45, 7) is 11.0. The Hall–Kier alpha value is -3.10. The van der Waals surface area contributed by atoms with Crippen molar-refractivity contribution in [3.05, 3.63) is 29.3 Å². The van der Waals surface area contributed by atoms with E-state index in [2.05, 4.69) is 5.32 Å². The van der Waals surface area contributed by atoms with Gasteiger partial charge in [-0.2, -0.15) is 0 Å². The number of piperazine rings is 1. The molecule has 0 saturated carbocycles. The molecule has 3 N–H and O–H groups in total. The number of nitrogens with two attached hydrogens (primary N) is 1. The van der Waals surface area contributed by atoms with Crippen LogP contribution in [0.25, 0.3) is 0 Å². The quantitative estimate of drug-likeness (QED) is 0.644. The summed E-state index contributed by atoms with van der Waals surface area (Å²) < 4.78 is 0. The van der Waals surface area contributed by atoms with Gasteiger partial charge in [0.1, 0.15) is 12.6 Å². The van der Waals surface area contributed by atoms with Crippen molar-refractivity contribution in [2.24, 2.45) is 5.41 Å². The van der Waals surface area contributed by atoms with Crippen LogP contribution >= 0.6 is 0 Å². The van der Waals surface area contributed by atoms with Gasteiger partial charge >= 0.3 is 0 Å². The second kappa shape index (κ2) is 10.0. The molecular formula is C25H37N5O4. The van der Waals surface area contributed by atoms with E-state index >= 15 is 0 Å². The second-order valence-corrected chi connectivity index (χ2v) is 10.5. The van der Waals surface area contributed by atoms with Gasteiger partial charge in [0.05, 0.1) is 0 Å². The van der Waals surface area contributed by atoms with Crippen LogP contribution in [0.15, 0.2) is 18.2 Å². The molecule has 0 bridgehead atoms. The highest BCUT2D eigenvalue weighted by Gasteiger charge is 2.39. The Labute approximate surface area is 201 Å². The minimum atomic E-state index is -0.629. The third-order valence-electron chi connectivity index (χ3n) is 6.68. The van der Waals surface area contributed by atoms with Crippen molar-refractivity contribution in [1.82, 2.24) is 20.0 Å². The highest BCUT2D eigenvalue weighted by atomic mass is 16.2. The monoisotopic (exact) mass is 471 g/mol. The number of piperidine rings is 1. The van der Waals surface area contributed by atoms with Gasteiger partial charge in [-0.1, -0.05) is 26.8 Å². The number of nitrogen functional groups attached to an aromatic ring is 1. The lowest BCUT2D eigenvalue weighted by atomic mass is 9.85. The average molecular weight is 472 g/mol. The molecule has 0 radical (unpaired) electrons. The van der Waals surface area contributed by atoms with Crippen molar-refractivity contribution >= 4 is 29.3 Å². The van der Waals surface area contributed by atoms with Crippen LogP contribution in [0.5, 0.6) is 0 Å². The van der Waals surface area contributed by atoms with E-state index in [0.29, 0.717) is 37.4 Å². The summed E-state index contributed by atoms with van der Waals surface area (Å²) in [6.07, 6.45) is 1.58. The number of hydrogen-bond donors (Lipinski definition) is 2. The van der Waals surface area contributed by atoms with Crippen LogP contribution < -0.4 is 11.1 Å². The van der Waals surface area contributed by atoms with Crippen molar-refractivity contribution in [2.45, 2.75) is 59.5 Å². The zero-order chi connectivity index (χ0) is 25.2. The fourth-order valence-corrected chi connectivity index (χ4v) is 4.65. The standard InChI is InChI=1S/C25H37N5O4/c1-16-8-9-18(13-20(16)26)23(33)29-11-12-30(21(32)15-29)19-7-6-10-28(14-19)24(34)22(25(3,4)5)27-17(2)31/h8-9,13,19,22H,6-7,10-12,14-15,26H2,1-5H3,(H,27,31)/t19?,22-/m1/s1. The first-order chi connectivity index (χ1) is 15.9. The van der Waals surface area contributed by atoms with E-state index in [0.717, 1.165) is 18.4 Å². The van der Waals surface area contributed by atoms with Crippen molar-refractivity contribution in [3.8, 4) is 0 Å². The number of nitrogens with zero attached hydrogens (tertiary/aromatic N) is 3. The van der Waals surface area contributed by atoms with Gasteiger partial charge in [0.25, 0.3) is 5.91 Å². The summed E-state index contributed by atoms with van der Waals surface area (Å²) in [5.41, 5.74) is 7.44. The third-order valence-corrected chi connectivity index (χ3v) is 6.68. The Morgan fingerprint density at radius 2 is 1.82 bits per heavy atom. The molecule has 34 heavy (non-hydrogen) atoms. The Bertz CT molecular complexity index is 971. The molecule has 1 aromatic rings. The average Bonchev–Trinajstić information content (AvgIpc) is 2.77. The topological polar surface area (TPSA) is 116 Å². The van der Waals surface area contributed by atoms with Gasteiger partial charge in [-0.3, -0.25) is 19.2 Å². The largest absolute Gasteiger partial charge is 0.398 e. The first-order valence-electron chi connectivity index (χ1n) is 11.9. The molecule has 2 atom stereocenters. The van der Waals surface area contributed by atoms with Gasteiger partial charge < -0.3 is 25.8 Å². The number of carbonyl (C=O) groups is 4. The van der Waals surface area contributed by atoms with Gasteiger partial charge in [-0.25, -0.2) is 0 Å². The molecule has 3 rings (SSSR count). The van der Waals surface area contributed by atoms with Gasteiger partial charge in [-0.05, 0) is 42.9 Å². The smallest absolute Gasteiger partial charge is 0.254 e. The SMILES string of the molecule is CC(=O)N[C@H](C(=O)N1CCCC(N2CCN(C(=O)c3ccc(C)c(N)c3)CC2=O)C1)C(C)(C)C. The fourth-order valence-electron chi connectivity index (χ4n) is 4.65. The molecule has 1 aromatic carbocycles. The molecular weight excluding hydrogens is 434 g/mol. The van der Waals surface area contributed by atoms with Crippen molar-refractivity contribution in [2.75, 3.05) is 38.5 Å². The number of benzene rings is 1. The highest BCUT2D eigenvalue weighted by molar-refractivity contribution is 5.98. The van der Waals surface area contributed by atoms with Crippen LogP contribution in [-0.2, 0) is 14.4 Å². The molecule has 9 heteroatoms. The fraction of sp³-hybridized carbons (Fsp3) is 0.600. The van der Waals surface area contributed by atoms with E-state index in [1.807, 2.05) is 27.7 Å². The van der Waals surface area contributed by atoms with E-state index in [-0.39, 0.29) is 36.2 Å². The predicted octanol–water partition coefficient (Wildman–Crippen LogP) is 1.40. The number of aryl methyl sites for hydroxylation is 1. The lowest BCUT2D eigenvalue weighted by Gasteiger charge is -2.44. The zero-order valence-corrected chi connectivity index (χ0v) is 20.9. The molecule has 2 saturated heterocycles. The molecule has 2 fully saturated rings. The minimum Gasteiger partial charge on any atom is -0.398 e. The molecule has 0 spiro atoms. The summed E-state index contributed by atoms with van der Waals surface area (Å²) in [6, 6.07) is 4.46. The van der Waals surface area contributed by atoms with E-state index in [1.165, 1.54) is 6.92 Å². The third kappa shape index (κ3) is 5.69. The normalized spacial score (nSPS) is 20.2. The number of carbonyl (C=O) groups excluding carboxylic acids is 4. The van der Waals surface area contributed by atoms with Gasteiger partial charge in [0.2, 0.25) is 17.7 Å². The molecule has 2 aliphatic heterocycles. The van der Waals surface area contributed by atoms with Crippen LogP contribution in [0.1, 0.15) is 56.5 Å². The van der Waals surface area contributed by atoms with Crippen LogP contribution in [-0.4, -0.2) is 83.1 Å². The zero-order valence-electron chi connectivity index (χ0n) is 20.9. The summed E-state index contributed by atoms with van der Waals surface area (Å²) in [7, 11) is 0. The molecule has 186 valence electrons. The Morgan fingerprint density at radius 3 is 2.41 bits per heavy atom. The molecule has 4 amide bonds. The molecule has 2 aliphatic rings. The van der Waals surface area contributed by atoms with Gasteiger partial charge in [0, 0.05) is 50.4 Å². The van der Waals surface area contributed by atoms with Crippen LogP contribution in [0, 0.1) is 12.3 Å². The van der Waals surface area contributed by atoms with Crippen LogP contribution in [0.4, 0.5) is 5.69 Å². The molecule has 0 aliphatic carbocycles. The van der Waals surface area contributed by atoms with Crippen molar-refractivity contribution in [3.63, 3.8) is 0 Å². The number of amides is 4. The van der Waals surface area contributed by atoms with Crippen LogP contribution in [0.2, 0.25) is 0 Å². The number of likely N-dealkylation sites (tertiary alicyclic amines) is 1. The minimum absolute atomic E-state index is 0.00751. The van der Waals surface area contributed by atoms with E-state index in [4.69, 9.17) is 5.73 Å². The summed E-state index contributed by atoms with van der Waals surface area (Å²) in [5.74, 6) is -0.685. The molecule has 2 heterocycles. The first-order valence-corrected chi connectivity index (χ1v) is 11.9. The number of nitrogens with one attached hydrogen (secondary N) is 1. The Morgan fingerprint density at radius 1 is 1.12 bits per heavy atom. The number of rotatable bonds is 4. The second-order valence-electron chi connectivity index (χ2n) is 10.5. The molecule has 9 nitrogen and oxygen atoms in total. The number of hydrogen-bond acceptors (Lipinski definition) is 5.